The lowest BCUT2D eigenvalue weighted by molar-refractivity contribution is -0.384. The molecule has 0 aromatic heterocycles. The van der Waals surface area contributed by atoms with E-state index in [9.17, 15) is 32.9 Å². The Bertz CT molecular complexity index is 1050. The van der Waals surface area contributed by atoms with Gasteiger partial charge in [-0.05, 0) is 30.7 Å². The van der Waals surface area contributed by atoms with Gasteiger partial charge in [0, 0.05) is 23.5 Å². The molecule has 1 atom stereocenters. The van der Waals surface area contributed by atoms with Crippen LogP contribution in [0.3, 0.4) is 0 Å². The lowest BCUT2D eigenvalue weighted by Crippen LogP contribution is -2.46. The van der Waals surface area contributed by atoms with Crippen molar-refractivity contribution >= 4 is 23.3 Å². The van der Waals surface area contributed by atoms with Crippen molar-refractivity contribution in [3.05, 3.63) is 81.0 Å². The first kappa shape index (κ1) is 20.8. The smallest absolute Gasteiger partial charge is 0.327 e. The average molecular weight is 420 g/mol. The van der Waals surface area contributed by atoms with Crippen molar-refractivity contribution in [2.75, 3.05) is 5.32 Å². The number of nitro benzene ring substituents is 1. The van der Waals surface area contributed by atoms with Gasteiger partial charge in [-0.25, -0.2) is 4.79 Å². The van der Waals surface area contributed by atoms with Crippen LogP contribution in [-0.4, -0.2) is 16.9 Å². The second-order valence-corrected chi connectivity index (χ2v) is 6.41. The molecule has 0 unspecified atom stereocenters. The van der Waals surface area contributed by atoms with E-state index in [1.165, 1.54) is 49.4 Å². The van der Waals surface area contributed by atoms with Gasteiger partial charge in [0.15, 0.2) is 0 Å². The largest absolute Gasteiger partial charge is 0.416 e. The van der Waals surface area contributed by atoms with Crippen LogP contribution >= 0.6 is 0 Å². The van der Waals surface area contributed by atoms with Gasteiger partial charge in [-0.15, -0.1) is 0 Å². The molecule has 11 heteroatoms. The number of non-ortho nitro benzene ring substituents is 1. The Labute approximate surface area is 167 Å². The lowest BCUT2D eigenvalue weighted by atomic mass is 9.91. The fourth-order valence-electron chi connectivity index (χ4n) is 3.10. The SMILES string of the molecule is CC1=C(C(=O)Nc2ccc([N+](=O)[O-])cc2)[C@H](c2ccccc2C(F)(F)F)NC(=O)N1. The molecule has 156 valence electrons. The molecule has 2 aromatic carbocycles. The van der Waals surface area contributed by atoms with Crippen molar-refractivity contribution in [3.8, 4) is 0 Å². The van der Waals surface area contributed by atoms with Crippen LogP contribution in [0.5, 0.6) is 0 Å². The summed E-state index contributed by atoms with van der Waals surface area (Å²) in [5, 5.41) is 18.0. The number of alkyl halides is 3. The zero-order valence-corrected chi connectivity index (χ0v) is 15.4. The zero-order valence-electron chi connectivity index (χ0n) is 15.4. The monoisotopic (exact) mass is 420 g/mol. The zero-order chi connectivity index (χ0) is 22.1. The number of nitrogens with one attached hydrogen (secondary N) is 3. The van der Waals surface area contributed by atoms with E-state index in [-0.39, 0.29) is 28.2 Å². The van der Waals surface area contributed by atoms with Crippen molar-refractivity contribution in [1.29, 1.82) is 0 Å². The standard InChI is InChI=1S/C19H15F3N4O4/c1-10-15(17(27)24-11-6-8-12(9-7-11)26(29)30)16(25-18(28)23-10)13-4-2-3-5-14(13)19(20,21)22/h2-9,16H,1H3,(H,24,27)(H2,23,25,28)/t16-/m0/s1. The van der Waals surface area contributed by atoms with E-state index in [1.54, 1.807) is 0 Å². The van der Waals surface area contributed by atoms with E-state index in [1.807, 2.05) is 0 Å². The number of carbonyl (C=O) groups excluding carboxylic acids is 2. The van der Waals surface area contributed by atoms with Crippen molar-refractivity contribution in [1.82, 2.24) is 10.6 Å². The molecule has 1 aliphatic rings. The van der Waals surface area contributed by atoms with Crippen molar-refractivity contribution in [2.24, 2.45) is 0 Å². The molecule has 0 saturated heterocycles. The highest BCUT2D eigenvalue weighted by Crippen LogP contribution is 2.38. The quantitative estimate of drug-likeness (QED) is 0.515. The summed E-state index contributed by atoms with van der Waals surface area (Å²) >= 11 is 0. The van der Waals surface area contributed by atoms with E-state index in [0.29, 0.717) is 0 Å². The Morgan fingerprint density at radius 1 is 1.13 bits per heavy atom. The van der Waals surface area contributed by atoms with Gasteiger partial charge in [-0.2, -0.15) is 13.2 Å². The van der Waals surface area contributed by atoms with Crippen LogP contribution in [0.25, 0.3) is 0 Å². The third kappa shape index (κ3) is 4.24. The molecule has 0 saturated carbocycles. The summed E-state index contributed by atoms with van der Waals surface area (Å²) in [6.45, 7) is 1.40. The van der Waals surface area contributed by atoms with E-state index in [2.05, 4.69) is 16.0 Å². The van der Waals surface area contributed by atoms with Crippen LogP contribution in [0.15, 0.2) is 59.8 Å². The first-order valence-electron chi connectivity index (χ1n) is 8.58. The molecule has 0 radical (unpaired) electrons. The molecule has 0 bridgehead atoms. The summed E-state index contributed by atoms with van der Waals surface area (Å²) in [5.41, 5.74) is -1.29. The Morgan fingerprint density at radius 3 is 2.37 bits per heavy atom. The molecule has 2 aromatic rings. The second kappa shape index (κ2) is 7.85. The molecule has 1 aliphatic heterocycles. The Kier molecular flexibility index (Phi) is 5.45. The minimum atomic E-state index is -4.69. The predicted octanol–water partition coefficient (Wildman–Crippen LogP) is 3.88. The number of urea groups is 1. The Balaban J connectivity index is 1.99. The Hall–Kier alpha value is -3.89. The minimum absolute atomic E-state index is 0.0835. The number of benzene rings is 2. The molecule has 0 aliphatic carbocycles. The maximum Gasteiger partial charge on any atom is 0.416 e. The topological polar surface area (TPSA) is 113 Å². The molecular formula is C19H15F3N4O4. The minimum Gasteiger partial charge on any atom is -0.327 e. The molecule has 30 heavy (non-hydrogen) atoms. The summed E-state index contributed by atoms with van der Waals surface area (Å²) in [7, 11) is 0. The maximum absolute atomic E-state index is 13.5. The van der Waals surface area contributed by atoms with Crippen LogP contribution in [-0.2, 0) is 11.0 Å². The molecule has 3 N–H and O–H groups in total. The summed E-state index contributed by atoms with van der Waals surface area (Å²) in [6.07, 6.45) is -4.69. The van der Waals surface area contributed by atoms with Crippen molar-refractivity contribution in [3.63, 3.8) is 0 Å². The molecule has 0 spiro atoms. The molecular weight excluding hydrogens is 405 g/mol. The van der Waals surface area contributed by atoms with Gasteiger partial charge >= 0.3 is 12.2 Å². The molecule has 8 nitrogen and oxygen atoms in total. The number of amides is 3. The van der Waals surface area contributed by atoms with Gasteiger partial charge in [0.2, 0.25) is 0 Å². The second-order valence-electron chi connectivity index (χ2n) is 6.41. The Morgan fingerprint density at radius 2 is 1.77 bits per heavy atom. The van der Waals surface area contributed by atoms with Gasteiger partial charge in [0.25, 0.3) is 11.6 Å². The number of hydrogen-bond donors (Lipinski definition) is 3. The van der Waals surface area contributed by atoms with Crippen molar-refractivity contribution < 1.29 is 27.7 Å². The summed E-state index contributed by atoms with van der Waals surface area (Å²) in [4.78, 5) is 34.9. The van der Waals surface area contributed by atoms with Gasteiger partial charge in [-0.1, -0.05) is 18.2 Å². The van der Waals surface area contributed by atoms with Crippen LogP contribution in [0.1, 0.15) is 24.1 Å². The van der Waals surface area contributed by atoms with Crippen LogP contribution in [0, 0.1) is 10.1 Å². The van der Waals surface area contributed by atoms with Crippen LogP contribution in [0.2, 0.25) is 0 Å². The number of carbonyl (C=O) groups is 2. The summed E-state index contributed by atoms with van der Waals surface area (Å²) in [5.74, 6) is -0.768. The third-order valence-electron chi connectivity index (χ3n) is 4.43. The van der Waals surface area contributed by atoms with Crippen LogP contribution in [0.4, 0.5) is 29.3 Å². The first-order valence-corrected chi connectivity index (χ1v) is 8.58. The molecule has 3 rings (SSSR count). The number of nitro groups is 1. The van der Waals surface area contributed by atoms with Gasteiger partial charge in [0.1, 0.15) is 0 Å². The maximum atomic E-state index is 13.5. The van der Waals surface area contributed by atoms with Crippen molar-refractivity contribution in [2.45, 2.75) is 19.1 Å². The fourth-order valence-corrected chi connectivity index (χ4v) is 3.10. The van der Waals surface area contributed by atoms with Gasteiger partial charge in [0.05, 0.1) is 22.1 Å². The molecule has 1 heterocycles. The number of rotatable bonds is 4. The number of nitrogens with zero attached hydrogens (tertiary/aromatic N) is 1. The summed E-state index contributed by atoms with van der Waals surface area (Å²) in [6, 6.07) is 7.47. The van der Waals surface area contributed by atoms with E-state index in [4.69, 9.17) is 0 Å². The number of halogens is 3. The lowest BCUT2D eigenvalue weighted by Gasteiger charge is -2.30. The summed E-state index contributed by atoms with van der Waals surface area (Å²) < 4.78 is 40.4. The highest BCUT2D eigenvalue weighted by atomic mass is 19.4. The van der Waals surface area contributed by atoms with E-state index in [0.717, 1.165) is 6.07 Å². The van der Waals surface area contributed by atoms with E-state index < -0.39 is 34.6 Å². The van der Waals surface area contributed by atoms with Crippen LogP contribution < -0.4 is 16.0 Å². The van der Waals surface area contributed by atoms with E-state index >= 15 is 0 Å². The van der Waals surface area contributed by atoms with Gasteiger partial charge in [-0.3, -0.25) is 14.9 Å². The fraction of sp³-hybridized carbons (Fsp3) is 0.158. The third-order valence-corrected chi connectivity index (χ3v) is 4.43. The highest BCUT2D eigenvalue weighted by molar-refractivity contribution is 6.06. The normalized spacial score (nSPS) is 16.5. The highest BCUT2D eigenvalue weighted by Gasteiger charge is 2.39. The van der Waals surface area contributed by atoms with Gasteiger partial charge < -0.3 is 16.0 Å². The number of hydrogen-bond acceptors (Lipinski definition) is 4. The number of allylic oxidation sites excluding steroid dienone is 1. The molecule has 3 amide bonds. The first-order chi connectivity index (χ1) is 14.1. The average Bonchev–Trinajstić information content (AvgIpc) is 2.67. The molecule has 0 fully saturated rings. The number of anilines is 1. The predicted molar refractivity (Wildman–Crippen MR) is 100 cm³/mol.